The van der Waals surface area contributed by atoms with Crippen molar-refractivity contribution in [1.82, 2.24) is 9.55 Å². The van der Waals surface area contributed by atoms with Crippen LogP contribution in [0.4, 0.5) is 5.82 Å². The monoisotopic (exact) mass is 269 g/mol. The number of rotatable bonds is 4. The van der Waals surface area contributed by atoms with Gasteiger partial charge in [0.2, 0.25) is 0 Å². The third-order valence-corrected chi connectivity index (χ3v) is 3.67. The topological polar surface area (TPSA) is 46.9 Å². The first-order valence-electron chi connectivity index (χ1n) is 6.35. The van der Waals surface area contributed by atoms with Crippen molar-refractivity contribution in [2.45, 2.75) is 44.5 Å². The molecule has 0 amide bonds. The van der Waals surface area contributed by atoms with Gasteiger partial charge in [0.1, 0.15) is 0 Å². The number of nitrogens with zero attached hydrogens (tertiary/aromatic N) is 2. The molecule has 18 heavy (non-hydrogen) atoms. The second-order valence-corrected chi connectivity index (χ2v) is 6.42. The first kappa shape index (κ1) is 13.4. The number of nitrogens with one attached hydrogen (secondary N) is 1. The van der Waals surface area contributed by atoms with E-state index < -0.39 is 0 Å². The van der Waals surface area contributed by atoms with Crippen LogP contribution < -0.4 is 10.9 Å². The molecule has 4 nitrogen and oxygen atoms in total. The molecule has 0 aliphatic heterocycles. The standard InChI is InChI=1S/C13H20ClN3O/c1-13(2,3)17-7-6-15-11(12(17)18)16-8-10(14)9-4-5-9/h6-7,9-10H,4-5,8H2,1-3H3,(H,15,16). The van der Waals surface area contributed by atoms with Gasteiger partial charge in [-0.05, 0) is 39.5 Å². The lowest BCUT2D eigenvalue weighted by Crippen LogP contribution is -2.35. The van der Waals surface area contributed by atoms with Gasteiger partial charge < -0.3 is 9.88 Å². The SMILES string of the molecule is CC(C)(C)n1ccnc(NCC(Cl)C2CC2)c1=O. The molecule has 0 radical (unpaired) electrons. The van der Waals surface area contributed by atoms with Gasteiger partial charge in [0.05, 0.1) is 5.38 Å². The molecule has 0 aromatic carbocycles. The first-order valence-corrected chi connectivity index (χ1v) is 6.79. The number of halogens is 1. The molecule has 1 aromatic heterocycles. The second kappa shape index (κ2) is 4.92. The fraction of sp³-hybridized carbons (Fsp3) is 0.692. The quantitative estimate of drug-likeness (QED) is 0.854. The molecule has 5 heteroatoms. The Balaban J connectivity index is 2.11. The molecule has 2 rings (SSSR count). The van der Waals surface area contributed by atoms with E-state index in [9.17, 15) is 4.79 Å². The van der Waals surface area contributed by atoms with E-state index in [4.69, 9.17) is 11.6 Å². The van der Waals surface area contributed by atoms with Gasteiger partial charge in [0.15, 0.2) is 5.82 Å². The summed E-state index contributed by atoms with van der Waals surface area (Å²) < 4.78 is 1.68. The molecule has 0 saturated heterocycles. The average molecular weight is 270 g/mol. The third kappa shape index (κ3) is 3.05. The number of anilines is 1. The van der Waals surface area contributed by atoms with Gasteiger partial charge in [-0.15, -0.1) is 11.6 Å². The Labute approximate surface area is 112 Å². The molecule has 1 aliphatic carbocycles. The Morgan fingerprint density at radius 1 is 1.56 bits per heavy atom. The minimum absolute atomic E-state index is 0.0921. The van der Waals surface area contributed by atoms with Crippen molar-refractivity contribution >= 4 is 17.4 Å². The maximum absolute atomic E-state index is 12.2. The zero-order valence-electron chi connectivity index (χ0n) is 11.1. The van der Waals surface area contributed by atoms with Gasteiger partial charge in [0, 0.05) is 24.5 Å². The summed E-state index contributed by atoms with van der Waals surface area (Å²) in [6, 6.07) is 0. The van der Waals surface area contributed by atoms with Crippen LogP contribution in [0.2, 0.25) is 0 Å². The fourth-order valence-corrected chi connectivity index (χ4v) is 2.21. The fourth-order valence-electron chi connectivity index (χ4n) is 1.88. The van der Waals surface area contributed by atoms with Gasteiger partial charge in [-0.3, -0.25) is 4.79 Å². The molecular formula is C13H20ClN3O. The molecule has 1 aromatic rings. The summed E-state index contributed by atoms with van der Waals surface area (Å²) in [6.07, 6.45) is 5.76. The predicted molar refractivity (Wildman–Crippen MR) is 74.3 cm³/mol. The molecule has 1 atom stereocenters. The summed E-state index contributed by atoms with van der Waals surface area (Å²) in [6.45, 7) is 6.58. The van der Waals surface area contributed by atoms with E-state index in [1.807, 2.05) is 20.8 Å². The van der Waals surface area contributed by atoms with Gasteiger partial charge in [-0.1, -0.05) is 0 Å². The third-order valence-electron chi connectivity index (χ3n) is 3.16. The molecule has 100 valence electrons. The van der Waals surface area contributed by atoms with E-state index in [1.54, 1.807) is 17.0 Å². The van der Waals surface area contributed by atoms with E-state index in [0.717, 1.165) is 0 Å². The Morgan fingerprint density at radius 3 is 2.78 bits per heavy atom. The highest BCUT2D eigenvalue weighted by Crippen LogP contribution is 2.35. The summed E-state index contributed by atoms with van der Waals surface area (Å²) in [5.41, 5.74) is -0.336. The number of hydrogen-bond acceptors (Lipinski definition) is 3. The first-order chi connectivity index (χ1) is 8.39. The van der Waals surface area contributed by atoms with E-state index in [2.05, 4.69) is 10.3 Å². The minimum atomic E-state index is -0.243. The highest BCUT2D eigenvalue weighted by Gasteiger charge is 2.29. The lowest BCUT2D eigenvalue weighted by Gasteiger charge is -2.22. The van der Waals surface area contributed by atoms with Gasteiger partial charge in [-0.2, -0.15) is 0 Å². The Kier molecular flexibility index (Phi) is 3.66. The summed E-state index contributed by atoms with van der Waals surface area (Å²) in [5.74, 6) is 0.992. The smallest absolute Gasteiger partial charge is 0.293 e. The van der Waals surface area contributed by atoms with Crippen LogP contribution in [0.15, 0.2) is 17.2 Å². The Bertz CT molecular complexity index is 474. The zero-order chi connectivity index (χ0) is 13.3. The molecule has 0 bridgehead atoms. The van der Waals surface area contributed by atoms with Crippen molar-refractivity contribution in [2.24, 2.45) is 5.92 Å². The van der Waals surface area contributed by atoms with Crippen molar-refractivity contribution in [3.8, 4) is 0 Å². The van der Waals surface area contributed by atoms with Crippen molar-refractivity contribution in [3.63, 3.8) is 0 Å². The lowest BCUT2D eigenvalue weighted by molar-refractivity contribution is 0.383. The second-order valence-electron chi connectivity index (χ2n) is 5.86. The van der Waals surface area contributed by atoms with Crippen LogP contribution in [-0.4, -0.2) is 21.5 Å². The largest absolute Gasteiger partial charge is 0.364 e. The molecule has 1 fully saturated rings. The van der Waals surface area contributed by atoms with Crippen molar-refractivity contribution in [1.29, 1.82) is 0 Å². The van der Waals surface area contributed by atoms with Crippen molar-refractivity contribution in [3.05, 3.63) is 22.7 Å². The van der Waals surface area contributed by atoms with E-state index in [1.165, 1.54) is 12.8 Å². The molecular weight excluding hydrogens is 250 g/mol. The van der Waals surface area contributed by atoms with Gasteiger partial charge >= 0.3 is 0 Å². The lowest BCUT2D eigenvalue weighted by atomic mass is 10.1. The number of alkyl halides is 1. The Morgan fingerprint density at radius 2 is 2.22 bits per heavy atom. The molecule has 1 heterocycles. The average Bonchev–Trinajstić information content (AvgIpc) is 3.09. The Hall–Kier alpha value is -1.03. The summed E-state index contributed by atoms with van der Waals surface area (Å²) in [5, 5.41) is 3.16. The highest BCUT2D eigenvalue weighted by atomic mass is 35.5. The maximum Gasteiger partial charge on any atom is 0.293 e. The van der Waals surface area contributed by atoms with Crippen LogP contribution in [0.25, 0.3) is 0 Å². The van der Waals surface area contributed by atoms with Crippen LogP contribution >= 0.6 is 11.6 Å². The van der Waals surface area contributed by atoms with Gasteiger partial charge in [-0.25, -0.2) is 4.98 Å². The van der Waals surface area contributed by atoms with E-state index in [-0.39, 0.29) is 16.5 Å². The molecule has 1 N–H and O–H groups in total. The summed E-state index contributed by atoms with van der Waals surface area (Å²) in [4.78, 5) is 16.3. The summed E-state index contributed by atoms with van der Waals surface area (Å²) >= 11 is 6.21. The maximum atomic E-state index is 12.2. The van der Waals surface area contributed by atoms with Crippen LogP contribution in [0.3, 0.4) is 0 Å². The van der Waals surface area contributed by atoms with E-state index >= 15 is 0 Å². The molecule has 1 aliphatic rings. The van der Waals surface area contributed by atoms with Crippen LogP contribution in [-0.2, 0) is 5.54 Å². The number of hydrogen-bond donors (Lipinski definition) is 1. The summed E-state index contributed by atoms with van der Waals surface area (Å²) in [7, 11) is 0. The normalized spacial score (nSPS) is 17.6. The number of aromatic nitrogens is 2. The van der Waals surface area contributed by atoms with E-state index in [0.29, 0.717) is 18.3 Å². The molecule has 1 saturated carbocycles. The van der Waals surface area contributed by atoms with Crippen molar-refractivity contribution < 1.29 is 0 Å². The highest BCUT2D eigenvalue weighted by molar-refractivity contribution is 6.21. The molecule has 1 unspecified atom stereocenters. The van der Waals surface area contributed by atoms with Crippen LogP contribution in [0.5, 0.6) is 0 Å². The zero-order valence-corrected chi connectivity index (χ0v) is 11.9. The van der Waals surface area contributed by atoms with Crippen LogP contribution in [0, 0.1) is 5.92 Å². The van der Waals surface area contributed by atoms with Crippen LogP contribution in [0.1, 0.15) is 33.6 Å². The van der Waals surface area contributed by atoms with Gasteiger partial charge in [0.25, 0.3) is 5.56 Å². The minimum Gasteiger partial charge on any atom is -0.364 e. The van der Waals surface area contributed by atoms with Crippen molar-refractivity contribution in [2.75, 3.05) is 11.9 Å². The predicted octanol–water partition coefficient (Wildman–Crippen LogP) is 2.43. The molecule has 0 spiro atoms.